The van der Waals surface area contributed by atoms with Crippen molar-refractivity contribution in [2.45, 2.75) is 25.4 Å². The molecule has 0 heterocycles. The van der Waals surface area contributed by atoms with E-state index < -0.39 is 5.60 Å². The number of rotatable bonds is 4. The molecule has 0 saturated heterocycles. The molecule has 1 unspecified atom stereocenters. The molecule has 1 aromatic rings. The minimum Gasteiger partial charge on any atom is -0.385 e. The van der Waals surface area contributed by atoms with E-state index in [0.717, 1.165) is 4.47 Å². The molecule has 1 nitrogen and oxygen atoms in total. The van der Waals surface area contributed by atoms with Crippen LogP contribution < -0.4 is 0 Å². The number of halogens is 2. The molecule has 3 heteroatoms. The number of benzene rings is 1. The number of hydrogen-bond donors (Lipinski definition) is 1. The Balaban J connectivity index is 3.02. The van der Waals surface area contributed by atoms with E-state index in [-0.39, 0.29) is 5.82 Å². The molecule has 0 aliphatic heterocycles. The topological polar surface area (TPSA) is 20.2 Å². The molecule has 0 aromatic heterocycles. The summed E-state index contributed by atoms with van der Waals surface area (Å²) in [6.45, 7) is 5.20. The van der Waals surface area contributed by atoms with Crippen LogP contribution in [0.15, 0.2) is 35.3 Å². The van der Waals surface area contributed by atoms with Crippen LogP contribution in [0, 0.1) is 5.82 Å². The lowest BCUT2D eigenvalue weighted by Gasteiger charge is -2.24. The molecule has 1 aromatic carbocycles. The Labute approximate surface area is 97.8 Å². The highest BCUT2D eigenvalue weighted by atomic mass is 79.9. The van der Waals surface area contributed by atoms with Gasteiger partial charge in [0.25, 0.3) is 0 Å². The Morgan fingerprint density at radius 1 is 1.60 bits per heavy atom. The first-order valence-corrected chi connectivity index (χ1v) is 5.55. The second-order valence-corrected chi connectivity index (χ2v) is 4.64. The summed E-state index contributed by atoms with van der Waals surface area (Å²) in [5.74, 6) is -0.382. The summed E-state index contributed by atoms with van der Waals surface area (Å²) in [5.41, 5.74) is -0.832. The highest BCUT2D eigenvalue weighted by Gasteiger charge is 2.25. The molecular weight excluding hydrogens is 259 g/mol. The van der Waals surface area contributed by atoms with Gasteiger partial charge in [-0.2, -0.15) is 0 Å². The zero-order valence-electron chi connectivity index (χ0n) is 8.63. The highest BCUT2D eigenvalue weighted by molar-refractivity contribution is 9.10. The molecule has 0 spiro atoms. The van der Waals surface area contributed by atoms with Crippen molar-refractivity contribution in [2.75, 3.05) is 0 Å². The first kappa shape index (κ1) is 12.4. The maximum absolute atomic E-state index is 13.5. The van der Waals surface area contributed by atoms with Gasteiger partial charge in [0.05, 0.1) is 5.60 Å². The zero-order chi connectivity index (χ0) is 11.5. The second kappa shape index (κ2) is 4.90. The molecule has 1 N–H and O–H groups in total. The highest BCUT2D eigenvalue weighted by Crippen LogP contribution is 2.30. The minimum absolute atomic E-state index is 0.318. The molecule has 0 saturated carbocycles. The molecule has 15 heavy (non-hydrogen) atoms. The molecule has 1 rings (SSSR count). The summed E-state index contributed by atoms with van der Waals surface area (Å²) < 4.78 is 14.2. The number of aliphatic hydroxyl groups is 1. The van der Waals surface area contributed by atoms with Crippen LogP contribution in [0.25, 0.3) is 0 Å². The van der Waals surface area contributed by atoms with E-state index in [4.69, 9.17) is 0 Å². The van der Waals surface area contributed by atoms with Crippen molar-refractivity contribution < 1.29 is 9.50 Å². The summed E-state index contributed by atoms with van der Waals surface area (Å²) in [7, 11) is 0. The van der Waals surface area contributed by atoms with Gasteiger partial charge in [-0.1, -0.05) is 22.0 Å². The third kappa shape index (κ3) is 3.14. The normalized spacial score (nSPS) is 14.7. The third-order valence-corrected chi connectivity index (χ3v) is 2.84. The number of hydrogen-bond acceptors (Lipinski definition) is 1. The zero-order valence-corrected chi connectivity index (χ0v) is 10.2. The summed E-state index contributed by atoms with van der Waals surface area (Å²) >= 11 is 3.26. The maximum atomic E-state index is 13.5. The minimum atomic E-state index is -1.15. The first-order valence-electron chi connectivity index (χ1n) is 4.76. The summed E-state index contributed by atoms with van der Waals surface area (Å²) in [5, 5.41) is 10.1. The molecule has 1 atom stereocenters. The molecule has 0 radical (unpaired) electrons. The van der Waals surface area contributed by atoms with Gasteiger partial charge in [0, 0.05) is 10.0 Å². The summed E-state index contributed by atoms with van der Waals surface area (Å²) in [6, 6.07) is 4.57. The fraction of sp³-hybridized carbons (Fsp3) is 0.333. The molecule has 0 bridgehead atoms. The molecular formula is C12H14BrFO. The van der Waals surface area contributed by atoms with Crippen molar-refractivity contribution in [2.24, 2.45) is 0 Å². The van der Waals surface area contributed by atoms with Gasteiger partial charge in [-0.15, -0.1) is 6.58 Å². The van der Waals surface area contributed by atoms with Gasteiger partial charge in [-0.25, -0.2) is 4.39 Å². The van der Waals surface area contributed by atoms with Crippen molar-refractivity contribution in [1.29, 1.82) is 0 Å². The van der Waals surface area contributed by atoms with Gasteiger partial charge < -0.3 is 5.11 Å². The predicted molar refractivity (Wildman–Crippen MR) is 63.1 cm³/mol. The van der Waals surface area contributed by atoms with Crippen LogP contribution in [0.1, 0.15) is 25.3 Å². The van der Waals surface area contributed by atoms with Crippen molar-refractivity contribution in [3.63, 3.8) is 0 Å². The average Bonchev–Trinajstić information content (AvgIpc) is 2.18. The van der Waals surface area contributed by atoms with Gasteiger partial charge in [-0.05, 0) is 38.0 Å². The number of allylic oxidation sites excluding steroid dienone is 1. The lowest BCUT2D eigenvalue weighted by atomic mass is 9.91. The molecule has 0 fully saturated rings. The SMILES string of the molecule is C=CCCC(C)(O)c1cc(Br)ccc1F. The quantitative estimate of drug-likeness (QED) is 0.828. The fourth-order valence-electron chi connectivity index (χ4n) is 1.43. The van der Waals surface area contributed by atoms with E-state index in [2.05, 4.69) is 22.5 Å². The molecule has 82 valence electrons. The van der Waals surface area contributed by atoms with E-state index in [1.165, 1.54) is 6.07 Å². The van der Waals surface area contributed by atoms with Gasteiger partial charge in [-0.3, -0.25) is 0 Å². The Kier molecular flexibility index (Phi) is 4.05. The van der Waals surface area contributed by atoms with E-state index >= 15 is 0 Å². The van der Waals surface area contributed by atoms with E-state index in [1.807, 2.05) is 0 Å². The van der Waals surface area contributed by atoms with Gasteiger partial charge >= 0.3 is 0 Å². The molecule has 0 aliphatic rings. The summed E-state index contributed by atoms with van der Waals surface area (Å²) in [4.78, 5) is 0. The standard InChI is InChI=1S/C12H14BrFO/c1-3-4-7-12(2,15)10-8-9(13)5-6-11(10)14/h3,5-6,8,15H,1,4,7H2,2H3. The van der Waals surface area contributed by atoms with Crippen molar-refractivity contribution >= 4 is 15.9 Å². The first-order chi connectivity index (χ1) is 6.97. The van der Waals surface area contributed by atoms with Crippen LogP contribution in [0.5, 0.6) is 0 Å². The Hall–Kier alpha value is -0.670. The van der Waals surface area contributed by atoms with E-state index in [9.17, 15) is 9.50 Å². The third-order valence-electron chi connectivity index (χ3n) is 2.34. The Morgan fingerprint density at radius 3 is 2.87 bits per heavy atom. The fourth-order valence-corrected chi connectivity index (χ4v) is 1.79. The lowest BCUT2D eigenvalue weighted by Crippen LogP contribution is -2.22. The maximum Gasteiger partial charge on any atom is 0.129 e. The van der Waals surface area contributed by atoms with Crippen LogP contribution in [-0.2, 0) is 5.60 Å². The van der Waals surface area contributed by atoms with Crippen molar-refractivity contribution in [3.05, 3.63) is 46.7 Å². The molecule has 0 amide bonds. The van der Waals surface area contributed by atoms with E-state index in [0.29, 0.717) is 18.4 Å². The van der Waals surface area contributed by atoms with E-state index in [1.54, 1.807) is 25.1 Å². The van der Waals surface area contributed by atoms with Gasteiger partial charge in [0.15, 0.2) is 0 Å². The summed E-state index contributed by atoms with van der Waals surface area (Å²) in [6.07, 6.45) is 2.83. The van der Waals surface area contributed by atoms with Crippen molar-refractivity contribution in [1.82, 2.24) is 0 Å². The van der Waals surface area contributed by atoms with Gasteiger partial charge in [0.2, 0.25) is 0 Å². The van der Waals surface area contributed by atoms with Crippen LogP contribution >= 0.6 is 15.9 Å². The smallest absolute Gasteiger partial charge is 0.129 e. The van der Waals surface area contributed by atoms with Crippen LogP contribution in [-0.4, -0.2) is 5.11 Å². The van der Waals surface area contributed by atoms with Crippen LogP contribution in [0.2, 0.25) is 0 Å². The predicted octanol–water partition coefficient (Wildman–Crippen LogP) is 3.76. The van der Waals surface area contributed by atoms with Crippen molar-refractivity contribution in [3.8, 4) is 0 Å². The lowest BCUT2D eigenvalue weighted by molar-refractivity contribution is 0.0450. The van der Waals surface area contributed by atoms with Crippen LogP contribution in [0.4, 0.5) is 4.39 Å². The largest absolute Gasteiger partial charge is 0.385 e. The Bertz CT molecular complexity index is 361. The van der Waals surface area contributed by atoms with Crippen LogP contribution in [0.3, 0.4) is 0 Å². The van der Waals surface area contributed by atoms with Gasteiger partial charge in [0.1, 0.15) is 5.82 Å². The molecule has 0 aliphatic carbocycles. The average molecular weight is 273 g/mol. The second-order valence-electron chi connectivity index (χ2n) is 3.73. The monoisotopic (exact) mass is 272 g/mol. The Morgan fingerprint density at radius 2 is 2.27 bits per heavy atom.